The monoisotopic (exact) mass is 523 g/mol. The third-order valence-corrected chi connectivity index (χ3v) is 4.71. The summed E-state index contributed by atoms with van der Waals surface area (Å²) in [5, 5.41) is 10.3. The zero-order valence-corrected chi connectivity index (χ0v) is 20.0. The first kappa shape index (κ1) is 24.6. The van der Waals surface area contributed by atoms with E-state index in [9.17, 15) is 4.79 Å². The van der Waals surface area contributed by atoms with Crippen molar-refractivity contribution in [3.05, 3.63) is 23.2 Å². The van der Waals surface area contributed by atoms with Crippen molar-refractivity contribution in [1.82, 2.24) is 16.0 Å². The number of hydrogen-bond donors (Lipinski definition) is 3. The molecule has 1 saturated heterocycles. The fourth-order valence-electron chi connectivity index (χ4n) is 2.97. The van der Waals surface area contributed by atoms with Crippen LogP contribution in [0.3, 0.4) is 0 Å². The van der Waals surface area contributed by atoms with Crippen molar-refractivity contribution in [1.29, 1.82) is 0 Å². The highest BCUT2D eigenvalue weighted by molar-refractivity contribution is 14.0. The Labute approximate surface area is 189 Å². The first-order chi connectivity index (χ1) is 12.9. The molecule has 0 radical (unpaired) electrons. The number of hydrogen-bond acceptors (Lipinski definition) is 4. The molecule has 1 aromatic rings. The molecule has 28 heavy (non-hydrogen) atoms. The summed E-state index contributed by atoms with van der Waals surface area (Å²) >= 11 is 6.15. The molecule has 1 atom stereocenters. The average Bonchev–Trinajstić information content (AvgIpc) is 3.12. The minimum atomic E-state index is -0.00427. The molecule has 0 spiro atoms. The number of halogens is 2. The highest BCUT2D eigenvalue weighted by Gasteiger charge is 2.25. The van der Waals surface area contributed by atoms with Crippen molar-refractivity contribution in [3.8, 4) is 5.75 Å². The van der Waals surface area contributed by atoms with Crippen LogP contribution in [-0.2, 0) is 4.79 Å². The summed E-state index contributed by atoms with van der Waals surface area (Å²) in [6, 6.07) is 5.93. The first-order valence-corrected chi connectivity index (χ1v) is 9.65. The van der Waals surface area contributed by atoms with Crippen molar-refractivity contribution in [2.45, 2.75) is 26.3 Å². The molecular formula is C19H31ClIN5O2. The largest absolute Gasteiger partial charge is 0.495 e. The molecule has 0 aromatic heterocycles. The predicted molar refractivity (Wildman–Crippen MR) is 126 cm³/mol. The summed E-state index contributed by atoms with van der Waals surface area (Å²) in [5.41, 5.74) is 1.01. The smallest absolute Gasteiger partial charge is 0.222 e. The van der Waals surface area contributed by atoms with Gasteiger partial charge in [-0.15, -0.1) is 24.0 Å². The molecule has 3 N–H and O–H groups in total. The van der Waals surface area contributed by atoms with Gasteiger partial charge in [0.25, 0.3) is 0 Å². The fourth-order valence-corrected chi connectivity index (χ4v) is 3.13. The molecule has 1 aromatic carbocycles. The topological polar surface area (TPSA) is 78.0 Å². The third kappa shape index (κ3) is 7.20. The second-order valence-corrected chi connectivity index (χ2v) is 7.27. The molecule has 0 aliphatic carbocycles. The van der Waals surface area contributed by atoms with E-state index >= 15 is 0 Å². The Morgan fingerprint density at radius 2 is 2.07 bits per heavy atom. The number of anilines is 1. The summed E-state index contributed by atoms with van der Waals surface area (Å²) in [5.74, 6) is 1.61. The van der Waals surface area contributed by atoms with Crippen molar-refractivity contribution < 1.29 is 9.53 Å². The number of benzene rings is 1. The van der Waals surface area contributed by atoms with Gasteiger partial charge in [0, 0.05) is 50.2 Å². The van der Waals surface area contributed by atoms with Crippen LogP contribution in [0.5, 0.6) is 5.75 Å². The van der Waals surface area contributed by atoms with Crippen LogP contribution >= 0.6 is 35.6 Å². The van der Waals surface area contributed by atoms with E-state index in [1.165, 1.54) is 0 Å². The van der Waals surface area contributed by atoms with Crippen LogP contribution in [0.1, 0.15) is 20.3 Å². The Balaban J connectivity index is 0.00000392. The SMILES string of the molecule is CN=C(NCCNC(=O)C(C)C)NC1CCN(c2cc(Cl)ccc2OC)C1.I. The van der Waals surface area contributed by atoms with Gasteiger partial charge in [-0.05, 0) is 24.6 Å². The Bertz CT molecular complexity index is 672. The lowest BCUT2D eigenvalue weighted by Gasteiger charge is -2.22. The number of aliphatic imine (C=N–C) groups is 1. The van der Waals surface area contributed by atoms with Gasteiger partial charge in [0.05, 0.1) is 12.8 Å². The molecule has 0 bridgehead atoms. The molecule has 1 aliphatic heterocycles. The number of amides is 1. The van der Waals surface area contributed by atoms with E-state index in [4.69, 9.17) is 16.3 Å². The summed E-state index contributed by atoms with van der Waals surface area (Å²) in [6.07, 6.45) is 0.987. The molecule has 1 unspecified atom stereocenters. The molecule has 1 heterocycles. The Morgan fingerprint density at radius 3 is 2.71 bits per heavy atom. The highest BCUT2D eigenvalue weighted by atomic mass is 127. The Kier molecular flexibility index (Phi) is 10.7. The molecule has 158 valence electrons. The lowest BCUT2D eigenvalue weighted by Crippen LogP contribution is -2.46. The predicted octanol–water partition coefficient (Wildman–Crippen LogP) is 2.48. The number of guanidine groups is 1. The number of nitrogens with one attached hydrogen (secondary N) is 3. The zero-order chi connectivity index (χ0) is 19.8. The van der Waals surface area contributed by atoms with Crippen LogP contribution < -0.4 is 25.6 Å². The minimum Gasteiger partial charge on any atom is -0.495 e. The van der Waals surface area contributed by atoms with Gasteiger partial charge >= 0.3 is 0 Å². The van der Waals surface area contributed by atoms with E-state index in [0.29, 0.717) is 18.1 Å². The standard InChI is InChI=1S/C19H30ClN5O2.HI/c1-13(2)18(26)22-8-9-23-19(21-3)24-15-7-10-25(12-15)16-11-14(20)5-6-17(16)27-4;/h5-6,11,13,15H,7-10,12H2,1-4H3,(H,22,26)(H2,21,23,24);1H. The fraction of sp³-hybridized carbons (Fsp3) is 0.579. The molecule has 1 aliphatic rings. The summed E-state index contributed by atoms with van der Waals surface area (Å²) in [7, 11) is 3.41. The number of carbonyl (C=O) groups excluding carboxylic acids is 1. The molecule has 2 rings (SSSR count). The molecule has 1 amide bonds. The van der Waals surface area contributed by atoms with E-state index in [0.717, 1.165) is 36.9 Å². The summed E-state index contributed by atoms with van der Waals surface area (Å²) in [4.78, 5) is 18.1. The molecule has 0 saturated carbocycles. The van der Waals surface area contributed by atoms with Crippen LogP contribution in [0.4, 0.5) is 5.69 Å². The Morgan fingerprint density at radius 1 is 1.36 bits per heavy atom. The maximum absolute atomic E-state index is 11.6. The van der Waals surface area contributed by atoms with Crippen molar-refractivity contribution in [3.63, 3.8) is 0 Å². The molecule has 9 heteroatoms. The van der Waals surface area contributed by atoms with Gasteiger partial charge < -0.3 is 25.6 Å². The van der Waals surface area contributed by atoms with E-state index in [-0.39, 0.29) is 41.8 Å². The van der Waals surface area contributed by atoms with E-state index in [2.05, 4.69) is 25.8 Å². The van der Waals surface area contributed by atoms with Crippen LogP contribution in [0, 0.1) is 5.92 Å². The van der Waals surface area contributed by atoms with Crippen molar-refractivity contribution in [2.75, 3.05) is 45.2 Å². The van der Waals surface area contributed by atoms with E-state index in [1.807, 2.05) is 32.0 Å². The second-order valence-electron chi connectivity index (χ2n) is 6.84. The van der Waals surface area contributed by atoms with Crippen LogP contribution in [0.15, 0.2) is 23.2 Å². The molecule has 1 fully saturated rings. The number of rotatable bonds is 7. The third-order valence-electron chi connectivity index (χ3n) is 4.48. The highest BCUT2D eigenvalue weighted by Crippen LogP contribution is 2.33. The van der Waals surface area contributed by atoms with Gasteiger partial charge in [-0.25, -0.2) is 0 Å². The zero-order valence-electron chi connectivity index (χ0n) is 16.9. The molecular weight excluding hydrogens is 493 g/mol. The van der Waals surface area contributed by atoms with E-state index < -0.39 is 0 Å². The second kappa shape index (κ2) is 12.2. The van der Waals surface area contributed by atoms with Gasteiger partial charge in [-0.1, -0.05) is 25.4 Å². The number of methoxy groups -OCH3 is 1. The lowest BCUT2D eigenvalue weighted by molar-refractivity contribution is -0.123. The van der Waals surface area contributed by atoms with Crippen molar-refractivity contribution >= 4 is 53.1 Å². The first-order valence-electron chi connectivity index (χ1n) is 9.28. The average molecular weight is 524 g/mol. The maximum Gasteiger partial charge on any atom is 0.222 e. The lowest BCUT2D eigenvalue weighted by atomic mass is 10.2. The number of nitrogens with zero attached hydrogens (tertiary/aromatic N) is 2. The van der Waals surface area contributed by atoms with E-state index in [1.54, 1.807) is 14.2 Å². The summed E-state index contributed by atoms with van der Waals surface area (Å²) in [6.45, 7) is 6.69. The van der Waals surface area contributed by atoms with Crippen LogP contribution in [-0.4, -0.2) is 58.2 Å². The van der Waals surface area contributed by atoms with Gasteiger partial charge in [-0.3, -0.25) is 9.79 Å². The maximum atomic E-state index is 11.6. The van der Waals surface area contributed by atoms with Crippen molar-refractivity contribution in [2.24, 2.45) is 10.9 Å². The van der Waals surface area contributed by atoms with Crippen LogP contribution in [0.2, 0.25) is 5.02 Å². The number of carbonyl (C=O) groups is 1. The number of ether oxygens (including phenoxy) is 1. The Hall–Kier alpha value is -1.42. The molecule has 7 nitrogen and oxygen atoms in total. The van der Waals surface area contributed by atoms with Gasteiger partial charge in [0.1, 0.15) is 5.75 Å². The van der Waals surface area contributed by atoms with Gasteiger partial charge in [0.15, 0.2) is 5.96 Å². The normalized spacial score (nSPS) is 16.6. The minimum absolute atomic E-state index is 0. The summed E-state index contributed by atoms with van der Waals surface area (Å²) < 4.78 is 5.46. The van der Waals surface area contributed by atoms with Crippen LogP contribution in [0.25, 0.3) is 0 Å². The van der Waals surface area contributed by atoms with Gasteiger partial charge in [-0.2, -0.15) is 0 Å². The quantitative estimate of drug-likeness (QED) is 0.222. The van der Waals surface area contributed by atoms with Gasteiger partial charge in [0.2, 0.25) is 5.91 Å².